The second-order valence-corrected chi connectivity index (χ2v) is 11.4. The molecule has 3 N–H and O–H groups in total. The Morgan fingerprint density at radius 2 is 1.50 bits per heavy atom. The SMILES string of the molecule is CCC(N)C(=O)NCC1C2=C(C[C@H]3C4C5=C(CC(C(C#N)N13)N4C)C(=O)C(C)=C(OC)C5=O)C(=O)C(C)=C(OC)C2=O. The number of piperazine rings is 1. The van der Waals surface area contributed by atoms with Gasteiger partial charge in [-0.05, 0) is 40.2 Å². The van der Waals surface area contributed by atoms with Crippen molar-refractivity contribution in [3.05, 3.63) is 45.0 Å². The average Bonchev–Trinajstić information content (AvgIpc) is 2.97. The highest BCUT2D eigenvalue weighted by Crippen LogP contribution is 2.48. The lowest BCUT2D eigenvalue weighted by Gasteiger charge is -2.60. The van der Waals surface area contributed by atoms with Crippen LogP contribution in [0.25, 0.3) is 0 Å². The molecule has 1 fully saturated rings. The van der Waals surface area contributed by atoms with E-state index in [1.165, 1.54) is 21.1 Å². The summed E-state index contributed by atoms with van der Waals surface area (Å²) in [5.41, 5.74) is 7.40. The highest BCUT2D eigenvalue weighted by molar-refractivity contribution is 6.26. The predicted octanol–water partition coefficient (Wildman–Crippen LogP) is -0.00112. The van der Waals surface area contributed by atoms with E-state index in [0.717, 1.165) is 0 Å². The number of carbonyl (C=O) groups is 5. The van der Waals surface area contributed by atoms with Gasteiger partial charge in [-0.2, -0.15) is 5.26 Å². The molecule has 1 saturated heterocycles. The smallest absolute Gasteiger partial charge is 0.236 e. The quantitative estimate of drug-likeness (QED) is 0.407. The lowest BCUT2D eigenvalue weighted by atomic mass is 9.67. The molecule has 0 spiro atoms. The van der Waals surface area contributed by atoms with Crippen molar-refractivity contribution >= 4 is 29.0 Å². The Labute approximate surface area is 243 Å². The molecule has 0 aromatic rings. The molecule has 2 aliphatic carbocycles. The molecule has 222 valence electrons. The first-order valence-corrected chi connectivity index (χ1v) is 14.0. The Kier molecular flexibility index (Phi) is 7.55. The minimum absolute atomic E-state index is 0.0277. The van der Waals surface area contributed by atoms with E-state index in [-0.39, 0.29) is 70.3 Å². The number of rotatable bonds is 6. The number of nitriles is 1. The number of nitrogens with zero attached hydrogens (tertiary/aromatic N) is 3. The van der Waals surface area contributed by atoms with Gasteiger partial charge in [0.15, 0.2) is 23.1 Å². The zero-order valence-corrected chi connectivity index (χ0v) is 24.6. The van der Waals surface area contributed by atoms with Gasteiger partial charge in [0, 0.05) is 52.1 Å². The fourth-order valence-electron chi connectivity index (χ4n) is 7.33. The first-order chi connectivity index (χ1) is 19.9. The minimum atomic E-state index is -0.888. The van der Waals surface area contributed by atoms with Gasteiger partial charge < -0.3 is 20.5 Å². The Hall–Kier alpha value is -3.92. The van der Waals surface area contributed by atoms with Gasteiger partial charge in [0.05, 0.1) is 38.4 Å². The summed E-state index contributed by atoms with van der Waals surface area (Å²) >= 11 is 0. The van der Waals surface area contributed by atoms with E-state index in [4.69, 9.17) is 15.2 Å². The van der Waals surface area contributed by atoms with Gasteiger partial charge in [0.25, 0.3) is 0 Å². The van der Waals surface area contributed by atoms with E-state index < -0.39 is 53.7 Å². The third-order valence-electron chi connectivity index (χ3n) is 9.46. The van der Waals surface area contributed by atoms with Crippen LogP contribution in [0, 0.1) is 11.3 Å². The number of fused-ring (bicyclic) bond motifs is 5. The van der Waals surface area contributed by atoms with Crippen LogP contribution in [0.4, 0.5) is 0 Å². The van der Waals surface area contributed by atoms with E-state index >= 15 is 0 Å². The fraction of sp³-hybridized carbons (Fsp3) is 0.533. The molecule has 3 aliphatic heterocycles. The topological polar surface area (TPSA) is 172 Å². The van der Waals surface area contributed by atoms with E-state index in [2.05, 4.69) is 11.4 Å². The highest BCUT2D eigenvalue weighted by atomic mass is 16.5. The minimum Gasteiger partial charge on any atom is -0.492 e. The van der Waals surface area contributed by atoms with Crippen molar-refractivity contribution in [2.24, 2.45) is 5.73 Å². The fourth-order valence-corrected chi connectivity index (χ4v) is 7.33. The third-order valence-corrected chi connectivity index (χ3v) is 9.46. The zero-order valence-electron chi connectivity index (χ0n) is 24.6. The summed E-state index contributed by atoms with van der Waals surface area (Å²) < 4.78 is 10.7. The molecule has 0 radical (unpaired) electrons. The van der Waals surface area contributed by atoms with Crippen molar-refractivity contribution in [2.75, 3.05) is 27.8 Å². The molecule has 0 aromatic carbocycles. The molecule has 12 nitrogen and oxygen atoms in total. The summed E-state index contributed by atoms with van der Waals surface area (Å²) in [6.45, 7) is 4.75. The van der Waals surface area contributed by atoms with Crippen LogP contribution >= 0.6 is 0 Å². The van der Waals surface area contributed by atoms with Crippen LogP contribution in [0.1, 0.15) is 40.0 Å². The lowest BCUT2D eigenvalue weighted by molar-refractivity contribution is -0.126. The van der Waals surface area contributed by atoms with Crippen molar-refractivity contribution < 1.29 is 33.4 Å². The van der Waals surface area contributed by atoms with E-state index in [1.807, 2.05) is 9.80 Å². The number of ether oxygens (including phenoxy) is 2. The molecule has 12 heteroatoms. The second-order valence-electron chi connectivity index (χ2n) is 11.4. The van der Waals surface area contributed by atoms with E-state index in [9.17, 15) is 29.2 Å². The Morgan fingerprint density at radius 1 is 0.976 bits per heavy atom. The molecular weight excluding hydrogens is 542 g/mol. The van der Waals surface area contributed by atoms with Crippen LogP contribution in [-0.2, 0) is 33.4 Å². The summed E-state index contributed by atoms with van der Waals surface area (Å²) in [6, 6.07) is -1.96. The highest BCUT2D eigenvalue weighted by Gasteiger charge is 2.59. The van der Waals surface area contributed by atoms with Crippen LogP contribution < -0.4 is 11.1 Å². The number of likely N-dealkylation sites (N-methyl/N-ethyl adjacent to an activating group) is 1. The molecule has 0 saturated carbocycles. The molecule has 42 heavy (non-hydrogen) atoms. The van der Waals surface area contributed by atoms with Crippen molar-refractivity contribution in [3.63, 3.8) is 0 Å². The normalized spacial score (nSPS) is 30.6. The zero-order chi connectivity index (χ0) is 30.8. The third kappa shape index (κ3) is 4.02. The van der Waals surface area contributed by atoms with Gasteiger partial charge in [0.1, 0.15) is 6.04 Å². The van der Waals surface area contributed by atoms with Crippen molar-refractivity contribution in [1.82, 2.24) is 15.1 Å². The van der Waals surface area contributed by atoms with Gasteiger partial charge in [-0.15, -0.1) is 0 Å². The number of ketones is 4. The van der Waals surface area contributed by atoms with E-state index in [1.54, 1.807) is 20.9 Å². The maximum absolute atomic E-state index is 13.8. The van der Waals surface area contributed by atoms with Crippen LogP contribution in [0.3, 0.4) is 0 Å². The molecule has 6 atom stereocenters. The number of hydrogen-bond donors (Lipinski definition) is 2. The summed E-state index contributed by atoms with van der Waals surface area (Å²) in [7, 11) is 4.47. The van der Waals surface area contributed by atoms with Crippen molar-refractivity contribution in [1.29, 1.82) is 5.26 Å². The van der Waals surface area contributed by atoms with Crippen LogP contribution in [0.5, 0.6) is 0 Å². The summed E-state index contributed by atoms with van der Waals surface area (Å²) in [5.74, 6) is -2.09. The van der Waals surface area contributed by atoms with Crippen molar-refractivity contribution in [2.45, 2.75) is 76.3 Å². The molecule has 5 rings (SSSR count). The molecule has 3 heterocycles. The number of nitrogens with two attached hydrogens (primary N) is 1. The Bertz CT molecular complexity index is 1490. The maximum Gasteiger partial charge on any atom is 0.236 e. The molecule has 1 amide bonds. The number of amides is 1. The molecule has 5 unspecified atom stereocenters. The van der Waals surface area contributed by atoms with Gasteiger partial charge in [0.2, 0.25) is 17.5 Å². The second kappa shape index (κ2) is 10.7. The lowest BCUT2D eigenvalue weighted by Crippen LogP contribution is -2.74. The number of allylic oxidation sites excluding steroid dienone is 4. The first-order valence-electron chi connectivity index (χ1n) is 14.0. The molecule has 2 bridgehead atoms. The van der Waals surface area contributed by atoms with Gasteiger partial charge in [-0.1, -0.05) is 6.92 Å². The number of Topliss-reactive ketones (excluding diaryl/α,β-unsaturated/α-hetero) is 4. The summed E-state index contributed by atoms with van der Waals surface area (Å²) in [6.07, 6.45) is 0.585. The standard InChI is InChI=1S/C30H35N5O7/c1-7-16(32)30(40)33-11-20-21-14(24(36)12(2)28(41-5)26(21)38)9-18-23-22-15(25(37)13(3)29(42-6)27(22)39)8-17(34(23)4)19(10-31)35(18)20/h16-20,23H,7-9,11,32H2,1-6H3,(H,33,40)/t16?,17?,18-,19?,20?,23?/m0/s1. The number of hydrogen-bond acceptors (Lipinski definition) is 11. The summed E-state index contributed by atoms with van der Waals surface area (Å²) in [5, 5.41) is 13.4. The van der Waals surface area contributed by atoms with Crippen LogP contribution in [0.15, 0.2) is 45.0 Å². The molecular formula is C30H35N5O7. The van der Waals surface area contributed by atoms with Crippen LogP contribution in [0.2, 0.25) is 0 Å². The molecule has 5 aliphatic rings. The van der Waals surface area contributed by atoms with Gasteiger partial charge in [-0.25, -0.2) is 0 Å². The predicted molar refractivity (Wildman–Crippen MR) is 148 cm³/mol. The Balaban J connectivity index is 1.70. The number of methoxy groups -OCH3 is 2. The number of nitrogens with one attached hydrogen (secondary N) is 1. The maximum atomic E-state index is 13.8. The van der Waals surface area contributed by atoms with E-state index in [0.29, 0.717) is 12.0 Å². The van der Waals surface area contributed by atoms with Crippen molar-refractivity contribution in [3.8, 4) is 6.07 Å². The largest absolute Gasteiger partial charge is 0.492 e. The number of carbonyl (C=O) groups excluding carboxylic acids is 5. The Morgan fingerprint density at radius 3 is 2.02 bits per heavy atom. The monoisotopic (exact) mass is 577 g/mol. The van der Waals surface area contributed by atoms with Crippen LogP contribution in [-0.4, -0.2) is 103 Å². The summed E-state index contributed by atoms with van der Waals surface area (Å²) in [4.78, 5) is 71.4. The average molecular weight is 578 g/mol. The first kappa shape index (κ1) is 29.6. The molecule has 0 aromatic heterocycles. The van der Waals surface area contributed by atoms with Gasteiger partial charge >= 0.3 is 0 Å². The van der Waals surface area contributed by atoms with Gasteiger partial charge in [-0.3, -0.25) is 33.8 Å².